The Hall–Kier alpha value is -2.42. The van der Waals surface area contributed by atoms with Gasteiger partial charge in [-0.3, -0.25) is 0 Å². The van der Waals surface area contributed by atoms with Gasteiger partial charge in [-0.1, -0.05) is 42.5 Å². The van der Waals surface area contributed by atoms with Crippen molar-refractivity contribution in [1.82, 2.24) is 9.97 Å². The van der Waals surface area contributed by atoms with E-state index in [1.54, 1.807) is 0 Å². The van der Waals surface area contributed by atoms with E-state index in [9.17, 15) is 0 Å². The number of aromatic nitrogens is 2. The minimum Gasteiger partial charge on any atom is -0.365 e. The molecule has 0 spiro atoms. The van der Waals surface area contributed by atoms with Crippen LogP contribution in [0, 0.1) is 0 Å². The molecule has 104 valence electrons. The van der Waals surface area contributed by atoms with E-state index < -0.39 is 0 Å². The summed E-state index contributed by atoms with van der Waals surface area (Å²) >= 11 is 0. The molecule has 1 aliphatic rings. The Bertz CT molecular complexity index is 764. The Morgan fingerprint density at radius 3 is 2.48 bits per heavy atom. The average Bonchev–Trinajstić information content (AvgIpc) is 3.38. The molecular formula is C18H17N3. The minimum absolute atomic E-state index is 0.562. The van der Waals surface area contributed by atoms with E-state index in [0.717, 1.165) is 29.1 Å². The molecule has 0 saturated heterocycles. The molecule has 4 rings (SSSR count). The van der Waals surface area contributed by atoms with E-state index in [1.807, 2.05) is 18.2 Å². The molecule has 2 aromatic carbocycles. The lowest BCUT2D eigenvalue weighted by Gasteiger charge is -2.10. The second-order valence-electron chi connectivity index (χ2n) is 5.56. The van der Waals surface area contributed by atoms with Gasteiger partial charge in [0.05, 0.1) is 5.52 Å². The van der Waals surface area contributed by atoms with E-state index in [0.29, 0.717) is 5.92 Å². The monoisotopic (exact) mass is 275 g/mol. The number of anilines is 1. The van der Waals surface area contributed by atoms with Gasteiger partial charge in [0.2, 0.25) is 0 Å². The Labute approximate surface area is 124 Å². The fourth-order valence-corrected chi connectivity index (χ4v) is 2.54. The standard InChI is InChI=1S/C18H17N3/c1-2-6-13(7-3-1)12-19-18-15-8-4-5-9-16(15)20-17(21-18)14-10-11-14/h1-9,14H,10-12H2,(H,19,20,21). The molecule has 0 bridgehead atoms. The Balaban J connectivity index is 1.69. The van der Waals surface area contributed by atoms with Crippen molar-refractivity contribution in [3.63, 3.8) is 0 Å². The summed E-state index contributed by atoms with van der Waals surface area (Å²) in [5, 5.41) is 4.57. The van der Waals surface area contributed by atoms with Gasteiger partial charge in [-0.15, -0.1) is 0 Å². The second kappa shape index (κ2) is 5.17. The number of hydrogen-bond donors (Lipinski definition) is 1. The molecule has 1 saturated carbocycles. The summed E-state index contributed by atoms with van der Waals surface area (Å²) in [6.45, 7) is 0.784. The van der Waals surface area contributed by atoms with Crippen molar-refractivity contribution in [3.8, 4) is 0 Å². The van der Waals surface area contributed by atoms with Crippen molar-refractivity contribution >= 4 is 16.7 Å². The molecule has 1 aromatic heterocycles. The molecular weight excluding hydrogens is 258 g/mol. The highest BCUT2D eigenvalue weighted by molar-refractivity contribution is 5.89. The van der Waals surface area contributed by atoms with Crippen LogP contribution >= 0.6 is 0 Å². The van der Waals surface area contributed by atoms with Gasteiger partial charge in [-0.2, -0.15) is 0 Å². The topological polar surface area (TPSA) is 37.8 Å². The lowest BCUT2D eigenvalue weighted by molar-refractivity contribution is 0.941. The van der Waals surface area contributed by atoms with Crippen LogP contribution in [0.4, 0.5) is 5.82 Å². The quantitative estimate of drug-likeness (QED) is 0.778. The first kappa shape index (κ1) is 12.3. The number of nitrogens with one attached hydrogen (secondary N) is 1. The van der Waals surface area contributed by atoms with E-state index in [1.165, 1.54) is 18.4 Å². The number of para-hydroxylation sites is 1. The zero-order valence-electron chi connectivity index (χ0n) is 11.8. The highest BCUT2D eigenvalue weighted by Gasteiger charge is 2.27. The highest BCUT2D eigenvalue weighted by atomic mass is 15.0. The molecule has 3 aromatic rings. The van der Waals surface area contributed by atoms with E-state index in [2.05, 4.69) is 41.7 Å². The predicted octanol–water partition coefficient (Wildman–Crippen LogP) is 4.12. The minimum atomic E-state index is 0.562. The second-order valence-corrected chi connectivity index (χ2v) is 5.56. The molecule has 0 unspecified atom stereocenters. The van der Waals surface area contributed by atoms with Gasteiger partial charge in [0.25, 0.3) is 0 Å². The van der Waals surface area contributed by atoms with Crippen LogP contribution in [-0.4, -0.2) is 9.97 Å². The predicted molar refractivity (Wildman–Crippen MR) is 85.3 cm³/mol. The van der Waals surface area contributed by atoms with Crippen LogP contribution in [0.3, 0.4) is 0 Å². The lowest BCUT2D eigenvalue weighted by atomic mass is 10.2. The third kappa shape index (κ3) is 2.59. The van der Waals surface area contributed by atoms with Crippen molar-refractivity contribution in [3.05, 3.63) is 66.0 Å². The third-order valence-corrected chi connectivity index (χ3v) is 3.87. The number of hydrogen-bond acceptors (Lipinski definition) is 3. The number of fused-ring (bicyclic) bond motifs is 1. The largest absolute Gasteiger partial charge is 0.365 e. The number of nitrogens with zero attached hydrogens (tertiary/aromatic N) is 2. The highest BCUT2D eigenvalue weighted by Crippen LogP contribution is 2.39. The van der Waals surface area contributed by atoms with Gasteiger partial charge in [0.1, 0.15) is 11.6 Å². The molecule has 3 nitrogen and oxygen atoms in total. The summed E-state index contributed by atoms with van der Waals surface area (Å²) in [5.41, 5.74) is 2.29. The van der Waals surface area contributed by atoms with Crippen molar-refractivity contribution < 1.29 is 0 Å². The maximum atomic E-state index is 4.76. The Morgan fingerprint density at radius 1 is 0.905 bits per heavy atom. The zero-order valence-corrected chi connectivity index (χ0v) is 11.8. The first-order valence-corrected chi connectivity index (χ1v) is 7.44. The Kier molecular flexibility index (Phi) is 3.03. The molecule has 1 aliphatic carbocycles. The molecule has 21 heavy (non-hydrogen) atoms. The first-order chi connectivity index (χ1) is 10.4. The molecule has 1 heterocycles. The summed E-state index contributed by atoms with van der Waals surface area (Å²) in [6.07, 6.45) is 2.44. The SMILES string of the molecule is c1ccc(CNc2nc(C3CC3)nc3ccccc23)cc1. The van der Waals surface area contributed by atoms with Crippen LogP contribution in [0.2, 0.25) is 0 Å². The van der Waals surface area contributed by atoms with Crippen LogP contribution in [0.15, 0.2) is 54.6 Å². The maximum absolute atomic E-state index is 4.76. The van der Waals surface area contributed by atoms with E-state index >= 15 is 0 Å². The fourth-order valence-electron chi connectivity index (χ4n) is 2.54. The van der Waals surface area contributed by atoms with Crippen LogP contribution in [0.25, 0.3) is 10.9 Å². The van der Waals surface area contributed by atoms with Gasteiger partial charge in [-0.05, 0) is 30.5 Å². The van der Waals surface area contributed by atoms with E-state index in [4.69, 9.17) is 9.97 Å². The van der Waals surface area contributed by atoms with Crippen LogP contribution in [-0.2, 0) is 6.54 Å². The first-order valence-electron chi connectivity index (χ1n) is 7.44. The summed E-state index contributed by atoms with van der Waals surface area (Å²) < 4.78 is 0. The summed E-state index contributed by atoms with van der Waals surface area (Å²) in [4.78, 5) is 9.46. The summed E-state index contributed by atoms with van der Waals surface area (Å²) in [5.74, 6) is 2.50. The molecule has 3 heteroatoms. The van der Waals surface area contributed by atoms with Gasteiger partial charge in [-0.25, -0.2) is 9.97 Å². The van der Waals surface area contributed by atoms with Crippen LogP contribution < -0.4 is 5.32 Å². The molecule has 0 radical (unpaired) electrons. The number of benzene rings is 2. The van der Waals surface area contributed by atoms with Gasteiger partial charge >= 0.3 is 0 Å². The molecule has 0 atom stereocenters. The van der Waals surface area contributed by atoms with Gasteiger partial charge in [0.15, 0.2) is 0 Å². The fraction of sp³-hybridized carbons (Fsp3) is 0.222. The van der Waals surface area contributed by atoms with Gasteiger partial charge < -0.3 is 5.32 Å². The van der Waals surface area contributed by atoms with Gasteiger partial charge in [0, 0.05) is 17.8 Å². The maximum Gasteiger partial charge on any atom is 0.137 e. The molecule has 1 N–H and O–H groups in total. The smallest absolute Gasteiger partial charge is 0.137 e. The van der Waals surface area contributed by atoms with Crippen molar-refractivity contribution in [2.45, 2.75) is 25.3 Å². The van der Waals surface area contributed by atoms with E-state index in [-0.39, 0.29) is 0 Å². The summed E-state index contributed by atoms with van der Waals surface area (Å²) in [6, 6.07) is 18.6. The molecule has 1 fully saturated rings. The molecule has 0 amide bonds. The normalized spacial score (nSPS) is 14.3. The number of rotatable bonds is 4. The lowest BCUT2D eigenvalue weighted by Crippen LogP contribution is -2.05. The third-order valence-electron chi connectivity index (χ3n) is 3.87. The van der Waals surface area contributed by atoms with Crippen LogP contribution in [0.5, 0.6) is 0 Å². The van der Waals surface area contributed by atoms with Crippen molar-refractivity contribution in [2.75, 3.05) is 5.32 Å². The zero-order chi connectivity index (χ0) is 14.1. The Morgan fingerprint density at radius 2 is 1.67 bits per heavy atom. The van der Waals surface area contributed by atoms with Crippen molar-refractivity contribution in [1.29, 1.82) is 0 Å². The molecule has 0 aliphatic heterocycles. The van der Waals surface area contributed by atoms with Crippen LogP contribution in [0.1, 0.15) is 30.1 Å². The average molecular weight is 275 g/mol. The summed E-state index contributed by atoms with van der Waals surface area (Å²) in [7, 11) is 0. The van der Waals surface area contributed by atoms with Crippen molar-refractivity contribution in [2.24, 2.45) is 0 Å².